The van der Waals surface area contributed by atoms with Gasteiger partial charge in [-0.3, -0.25) is 0 Å². The molecule has 0 aromatic heterocycles. The van der Waals surface area contributed by atoms with Crippen LogP contribution in [0.25, 0.3) is 0 Å². The van der Waals surface area contributed by atoms with Crippen molar-refractivity contribution in [1.29, 1.82) is 0 Å². The average Bonchev–Trinajstić information content (AvgIpc) is 2.57. The van der Waals surface area contributed by atoms with Gasteiger partial charge in [-0.25, -0.2) is 0 Å². The smallest absolute Gasteiger partial charge is 0.0132 e. The number of rotatable bonds is 9. The summed E-state index contributed by atoms with van der Waals surface area (Å²) in [5.41, 5.74) is 0. The predicted molar refractivity (Wildman–Crippen MR) is 107 cm³/mol. The fourth-order valence-electron chi connectivity index (χ4n) is 5.07. The van der Waals surface area contributed by atoms with E-state index < -0.39 is 0 Å². The summed E-state index contributed by atoms with van der Waals surface area (Å²) in [5.74, 6) is 4.64. The lowest BCUT2D eigenvalue weighted by molar-refractivity contribution is 0.154. The molecule has 23 heavy (non-hydrogen) atoms. The van der Waals surface area contributed by atoms with E-state index in [0.717, 1.165) is 17.8 Å². The van der Waals surface area contributed by atoms with Gasteiger partial charge in [-0.05, 0) is 68.5 Å². The van der Waals surface area contributed by atoms with Crippen LogP contribution in [0.4, 0.5) is 0 Å². The molecule has 0 nitrogen and oxygen atoms in total. The first-order valence-electron chi connectivity index (χ1n) is 10.8. The zero-order valence-electron chi connectivity index (χ0n) is 16.2. The fourth-order valence-corrected chi connectivity index (χ4v) is 6.44. The van der Waals surface area contributed by atoms with Crippen molar-refractivity contribution in [2.45, 2.75) is 115 Å². The van der Waals surface area contributed by atoms with Gasteiger partial charge in [-0.2, -0.15) is 11.8 Å². The van der Waals surface area contributed by atoms with Gasteiger partial charge in [0.1, 0.15) is 0 Å². The Bertz CT molecular complexity index is 295. The van der Waals surface area contributed by atoms with E-state index in [1.54, 1.807) is 25.7 Å². The van der Waals surface area contributed by atoms with Gasteiger partial charge in [0.25, 0.3) is 0 Å². The maximum absolute atomic E-state index is 2.56. The number of unbranched alkanes of at least 4 members (excludes halogenated alkanes) is 3. The summed E-state index contributed by atoms with van der Waals surface area (Å²) in [4.78, 5) is 0. The Morgan fingerprint density at radius 2 is 1.43 bits per heavy atom. The lowest BCUT2D eigenvalue weighted by Crippen LogP contribution is -2.32. The predicted octanol–water partition coefficient (Wildman–Crippen LogP) is 7.86. The number of hydrogen-bond donors (Lipinski definition) is 0. The zero-order chi connectivity index (χ0) is 16.5. The Kier molecular flexibility index (Phi) is 8.87. The molecule has 0 aliphatic heterocycles. The van der Waals surface area contributed by atoms with Gasteiger partial charge in [0.15, 0.2) is 0 Å². The summed E-state index contributed by atoms with van der Waals surface area (Å²) in [6.07, 6.45) is 20.8. The summed E-state index contributed by atoms with van der Waals surface area (Å²) in [5, 5.41) is 0. The second-order valence-corrected chi connectivity index (χ2v) is 10.4. The van der Waals surface area contributed by atoms with E-state index >= 15 is 0 Å². The van der Waals surface area contributed by atoms with Gasteiger partial charge in [0, 0.05) is 4.75 Å². The van der Waals surface area contributed by atoms with Crippen LogP contribution in [0.3, 0.4) is 0 Å². The summed E-state index contributed by atoms with van der Waals surface area (Å²) >= 11 is 2.31. The van der Waals surface area contributed by atoms with Gasteiger partial charge in [-0.1, -0.05) is 65.7 Å². The van der Waals surface area contributed by atoms with E-state index in [9.17, 15) is 0 Å². The van der Waals surface area contributed by atoms with Crippen molar-refractivity contribution in [2.75, 3.05) is 5.75 Å². The molecule has 2 saturated carbocycles. The lowest BCUT2D eigenvalue weighted by Gasteiger charge is -2.42. The first-order valence-corrected chi connectivity index (χ1v) is 11.8. The SMILES string of the molecule is CCCCCCSC1(C)CCC(C2CCC(CCC)CC2)CC1. The molecule has 0 unspecified atom stereocenters. The van der Waals surface area contributed by atoms with Crippen molar-refractivity contribution >= 4 is 11.8 Å². The van der Waals surface area contributed by atoms with Crippen molar-refractivity contribution < 1.29 is 0 Å². The van der Waals surface area contributed by atoms with Crippen molar-refractivity contribution in [3.63, 3.8) is 0 Å². The summed E-state index contributed by atoms with van der Waals surface area (Å²) in [6.45, 7) is 7.23. The molecular weight excluding hydrogens is 296 g/mol. The van der Waals surface area contributed by atoms with Crippen molar-refractivity contribution in [2.24, 2.45) is 17.8 Å². The normalized spacial score (nSPS) is 35.3. The molecule has 0 aromatic carbocycles. The van der Waals surface area contributed by atoms with Crippen molar-refractivity contribution in [1.82, 2.24) is 0 Å². The molecular formula is C22H42S. The molecule has 0 N–H and O–H groups in total. The summed E-state index contributed by atoms with van der Waals surface area (Å²) in [6, 6.07) is 0. The molecule has 0 saturated heterocycles. The second-order valence-electron chi connectivity index (χ2n) is 8.77. The molecule has 2 aliphatic carbocycles. The highest BCUT2D eigenvalue weighted by Gasteiger charge is 2.35. The standard InChI is InChI=1S/C22H42S/c1-4-6-7-8-18-23-22(3)16-14-21(15-17-22)20-12-10-19(9-5-2)11-13-20/h19-21H,4-18H2,1-3H3. The topological polar surface area (TPSA) is 0 Å². The Hall–Kier alpha value is 0.350. The maximum Gasteiger partial charge on any atom is 0.0132 e. The van der Waals surface area contributed by atoms with E-state index in [4.69, 9.17) is 0 Å². The molecule has 2 rings (SSSR count). The zero-order valence-corrected chi connectivity index (χ0v) is 17.1. The minimum atomic E-state index is 0.613. The van der Waals surface area contributed by atoms with Crippen molar-refractivity contribution in [3.05, 3.63) is 0 Å². The van der Waals surface area contributed by atoms with E-state index in [-0.39, 0.29) is 0 Å². The van der Waals surface area contributed by atoms with Crippen LogP contribution in [-0.4, -0.2) is 10.5 Å². The number of hydrogen-bond acceptors (Lipinski definition) is 1. The van der Waals surface area contributed by atoms with Crippen LogP contribution in [0.1, 0.15) is 111 Å². The average molecular weight is 339 g/mol. The Balaban J connectivity index is 1.63. The molecule has 0 aromatic rings. The van der Waals surface area contributed by atoms with Crippen LogP contribution in [0.15, 0.2) is 0 Å². The Labute approximate surface area is 151 Å². The molecule has 0 heterocycles. The van der Waals surface area contributed by atoms with Crippen LogP contribution in [0.5, 0.6) is 0 Å². The molecule has 0 radical (unpaired) electrons. The molecule has 0 atom stereocenters. The molecule has 2 fully saturated rings. The monoisotopic (exact) mass is 338 g/mol. The first-order chi connectivity index (χ1) is 11.2. The third kappa shape index (κ3) is 6.63. The Morgan fingerprint density at radius 3 is 2.04 bits per heavy atom. The van der Waals surface area contributed by atoms with E-state index in [1.165, 1.54) is 70.0 Å². The van der Waals surface area contributed by atoms with Crippen LogP contribution in [0, 0.1) is 17.8 Å². The van der Waals surface area contributed by atoms with Gasteiger partial charge >= 0.3 is 0 Å². The summed E-state index contributed by atoms with van der Waals surface area (Å²) in [7, 11) is 0. The van der Waals surface area contributed by atoms with Gasteiger partial charge in [0.2, 0.25) is 0 Å². The highest BCUT2D eigenvalue weighted by molar-refractivity contribution is 8.00. The first kappa shape index (κ1) is 19.7. The summed E-state index contributed by atoms with van der Waals surface area (Å²) < 4.78 is 0.613. The molecule has 0 bridgehead atoms. The Morgan fingerprint density at radius 1 is 0.783 bits per heavy atom. The maximum atomic E-state index is 2.56. The minimum Gasteiger partial charge on any atom is -0.155 e. The largest absolute Gasteiger partial charge is 0.155 e. The third-order valence-electron chi connectivity index (χ3n) is 6.79. The van der Waals surface area contributed by atoms with Crippen LogP contribution >= 0.6 is 11.8 Å². The van der Waals surface area contributed by atoms with Gasteiger partial charge in [-0.15, -0.1) is 0 Å². The number of thioether (sulfide) groups is 1. The van der Waals surface area contributed by atoms with Crippen LogP contribution in [-0.2, 0) is 0 Å². The molecule has 2 aliphatic rings. The van der Waals surface area contributed by atoms with E-state index in [1.807, 2.05) is 0 Å². The highest BCUT2D eigenvalue weighted by atomic mass is 32.2. The third-order valence-corrected chi connectivity index (χ3v) is 8.39. The quantitative estimate of drug-likeness (QED) is 0.386. The van der Waals surface area contributed by atoms with Gasteiger partial charge < -0.3 is 0 Å². The highest BCUT2D eigenvalue weighted by Crippen LogP contribution is 2.47. The second kappa shape index (κ2) is 10.4. The van der Waals surface area contributed by atoms with Gasteiger partial charge in [0.05, 0.1) is 0 Å². The molecule has 0 amide bonds. The molecule has 1 heteroatoms. The van der Waals surface area contributed by atoms with E-state index in [2.05, 4.69) is 32.5 Å². The van der Waals surface area contributed by atoms with E-state index in [0.29, 0.717) is 4.75 Å². The van der Waals surface area contributed by atoms with Crippen LogP contribution < -0.4 is 0 Å². The van der Waals surface area contributed by atoms with Crippen molar-refractivity contribution in [3.8, 4) is 0 Å². The lowest BCUT2D eigenvalue weighted by atomic mass is 9.69. The fraction of sp³-hybridized carbons (Fsp3) is 1.00. The molecule has 0 spiro atoms. The van der Waals surface area contributed by atoms with Crippen LogP contribution in [0.2, 0.25) is 0 Å². The minimum absolute atomic E-state index is 0.613. The molecule has 136 valence electrons.